The van der Waals surface area contributed by atoms with Crippen molar-refractivity contribution in [2.24, 2.45) is 0 Å². The summed E-state index contributed by atoms with van der Waals surface area (Å²) in [4.78, 5) is 8.91. The van der Waals surface area contributed by atoms with Crippen LogP contribution >= 0.6 is 0 Å². The standard InChI is InChI=1S/C15H26N4O2/c1-3-7-16-13-9-14(19-15(18-13)11-20-2)17-10-12-6-4-5-8-21-12/h9,12H,3-8,10-11H2,1-2H3,(H2,16,17,18,19). The van der Waals surface area contributed by atoms with Gasteiger partial charge in [-0.3, -0.25) is 0 Å². The number of rotatable bonds is 8. The molecule has 0 amide bonds. The molecule has 1 aliphatic heterocycles. The van der Waals surface area contributed by atoms with Crippen LogP contribution in [0, 0.1) is 0 Å². The molecular weight excluding hydrogens is 268 g/mol. The largest absolute Gasteiger partial charge is 0.377 e. The molecule has 2 rings (SSSR count). The first kappa shape index (κ1) is 16.0. The second-order valence-corrected chi connectivity index (χ2v) is 5.28. The first-order chi connectivity index (χ1) is 10.3. The number of nitrogens with one attached hydrogen (secondary N) is 2. The van der Waals surface area contributed by atoms with Crippen molar-refractivity contribution < 1.29 is 9.47 Å². The highest BCUT2D eigenvalue weighted by Crippen LogP contribution is 2.15. The van der Waals surface area contributed by atoms with E-state index in [0.29, 0.717) is 12.4 Å². The highest BCUT2D eigenvalue weighted by atomic mass is 16.5. The molecule has 1 atom stereocenters. The Morgan fingerprint density at radius 1 is 1.29 bits per heavy atom. The van der Waals surface area contributed by atoms with E-state index in [0.717, 1.165) is 44.2 Å². The van der Waals surface area contributed by atoms with E-state index in [2.05, 4.69) is 27.5 Å². The zero-order chi connectivity index (χ0) is 14.9. The van der Waals surface area contributed by atoms with Gasteiger partial charge in [0.15, 0.2) is 5.82 Å². The van der Waals surface area contributed by atoms with Crippen molar-refractivity contribution in [3.8, 4) is 0 Å². The van der Waals surface area contributed by atoms with Crippen LogP contribution in [0.2, 0.25) is 0 Å². The van der Waals surface area contributed by atoms with E-state index in [1.54, 1.807) is 7.11 Å². The Morgan fingerprint density at radius 2 is 2.10 bits per heavy atom. The average Bonchev–Trinajstić information content (AvgIpc) is 2.52. The summed E-state index contributed by atoms with van der Waals surface area (Å²) in [5.41, 5.74) is 0. The summed E-state index contributed by atoms with van der Waals surface area (Å²) in [7, 11) is 1.65. The van der Waals surface area contributed by atoms with Gasteiger partial charge in [-0.25, -0.2) is 9.97 Å². The quantitative estimate of drug-likeness (QED) is 0.767. The Balaban J connectivity index is 1.96. The van der Waals surface area contributed by atoms with E-state index in [4.69, 9.17) is 9.47 Å². The van der Waals surface area contributed by atoms with Crippen molar-refractivity contribution in [3.63, 3.8) is 0 Å². The van der Waals surface area contributed by atoms with Gasteiger partial charge < -0.3 is 20.1 Å². The number of aromatic nitrogens is 2. The van der Waals surface area contributed by atoms with Gasteiger partial charge in [-0.05, 0) is 25.7 Å². The molecule has 21 heavy (non-hydrogen) atoms. The van der Waals surface area contributed by atoms with Gasteiger partial charge in [0.2, 0.25) is 0 Å². The third-order valence-electron chi connectivity index (χ3n) is 3.39. The van der Waals surface area contributed by atoms with Crippen LogP contribution in [0.25, 0.3) is 0 Å². The number of methoxy groups -OCH3 is 1. The molecule has 1 saturated heterocycles. The normalized spacial score (nSPS) is 18.5. The van der Waals surface area contributed by atoms with Crippen LogP contribution in [-0.2, 0) is 16.1 Å². The van der Waals surface area contributed by atoms with Crippen LogP contribution in [-0.4, -0.2) is 42.9 Å². The molecule has 2 heterocycles. The van der Waals surface area contributed by atoms with Gasteiger partial charge >= 0.3 is 0 Å². The lowest BCUT2D eigenvalue weighted by Gasteiger charge is -2.23. The van der Waals surface area contributed by atoms with Gasteiger partial charge in [0.1, 0.15) is 18.2 Å². The minimum absolute atomic E-state index is 0.284. The molecule has 0 spiro atoms. The smallest absolute Gasteiger partial charge is 0.158 e. The molecule has 0 radical (unpaired) electrons. The molecule has 0 aromatic carbocycles. The van der Waals surface area contributed by atoms with Crippen LogP contribution < -0.4 is 10.6 Å². The maximum atomic E-state index is 5.73. The third kappa shape index (κ3) is 5.47. The zero-order valence-electron chi connectivity index (χ0n) is 13.0. The van der Waals surface area contributed by atoms with E-state index in [1.165, 1.54) is 12.8 Å². The molecule has 1 unspecified atom stereocenters. The Bertz CT molecular complexity index is 422. The van der Waals surface area contributed by atoms with Crippen LogP contribution in [0.15, 0.2) is 6.07 Å². The summed E-state index contributed by atoms with van der Waals surface area (Å²) >= 11 is 0. The highest BCUT2D eigenvalue weighted by Gasteiger charge is 2.14. The minimum Gasteiger partial charge on any atom is -0.377 e. The molecule has 1 aromatic heterocycles. The Morgan fingerprint density at radius 3 is 2.76 bits per heavy atom. The minimum atomic E-state index is 0.284. The van der Waals surface area contributed by atoms with Crippen LogP contribution in [0.3, 0.4) is 0 Å². The molecule has 0 aliphatic carbocycles. The maximum Gasteiger partial charge on any atom is 0.158 e. The van der Waals surface area contributed by atoms with E-state index >= 15 is 0 Å². The third-order valence-corrected chi connectivity index (χ3v) is 3.39. The predicted octanol–water partition coefficient (Wildman–Crippen LogP) is 2.43. The first-order valence-electron chi connectivity index (χ1n) is 7.78. The Labute approximate surface area is 126 Å². The van der Waals surface area contributed by atoms with Crippen molar-refractivity contribution >= 4 is 11.6 Å². The van der Waals surface area contributed by atoms with Crippen molar-refractivity contribution in [1.29, 1.82) is 0 Å². The van der Waals surface area contributed by atoms with Gasteiger partial charge in [-0.15, -0.1) is 0 Å². The van der Waals surface area contributed by atoms with Crippen molar-refractivity contribution in [1.82, 2.24) is 9.97 Å². The summed E-state index contributed by atoms with van der Waals surface area (Å²) in [6.45, 7) is 5.10. The van der Waals surface area contributed by atoms with E-state index in [9.17, 15) is 0 Å². The van der Waals surface area contributed by atoms with Crippen molar-refractivity contribution in [2.75, 3.05) is 37.4 Å². The predicted molar refractivity (Wildman–Crippen MR) is 83.6 cm³/mol. The maximum absolute atomic E-state index is 5.73. The monoisotopic (exact) mass is 294 g/mol. The topological polar surface area (TPSA) is 68.3 Å². The summed E-state index contributed by atoms with van der Waals surface area (Å²) < 4.78 is 10.9. The number of hydrogen-bond donors (Lipinski definition) is 2. The fourth-order valence-corrected chi connectivity index (χ4v) is 2.31. The SMILES string of the molecule is CCCNc1cc(NCC2CCCCO2)nc(COC)n1. The Kier molecular flexibility index (Phi) is 6.69. The Hall–Kier alpha value is -1.40. The number of ether oxygens (including phenoxy) is 2. The lowest BCUT2D eigenvalue weighted by atomic mass is 10.1. The summed E-state index contributed by atoms with van der Waals surface area (Å²) in [6, 6.07) is 1.94. The molecule has 2 N–H and O–H groups in total. The molecule has 0 bridgehead atoms. The lowest BCUT2D eigenvalue weighted by Crippen LogP contribution is -2.27. The first-order valence-corrected chi connectivity index (χ1v) is 7.78. The summed E-state index contributed by atoms with van der Waals surface area (Å²) in [5.74, 6) is 2.35. The fourth-order valence-electron chi connectivity index (χ4n) is 2.31. The number of nitrogens with zero attached hydrogens (tertiary/aromatic N) is 2. The second-order valence-electron chi connectivity index (χ2n) is 5.28. The highest BCUT2D eigenvalue weighted by molar-refractivity contribution is 5.47. The van der Waals surface area contributed by atoms with E-state index in [1.807, 2.05) is 6.07 Å². The average molecular weight is 294 g/mol. The van der Waals surface area contributed by atoms with Gasteiger partial charge in [0.05, 0.1) is 6.10 Å². The molecule has 6 heteroatoms. The molecule has 118 valence electrons. The van der Waals surface area contributed by atoms with Gasteiger partial charge in [0.25, 0.3) is 0 Å². The van der Waals surface area contributed by atoms with Crippen LogP contribution in [0.1, 0.15) is 38.4 Å². The van der Waals surface area contributed by atoms with Crippen molar-refractivity contribution in [2.45, 2.75) is 45.3 Å². The second kappa shape index (κ2) is 8.79. The number of hydrogen-bond acceptors (Lipinski definition) is 6. The molecule has 0 saturated carbocycles. The van der Waals surface area contributed by atoms with E-state index in [-0.39, 0.29) is 6.10 Å². The lowest BCUT2D eigenvalue weighted by molar-refractivity contribution is 0.0247. The molecule has 1 aromatic rings. The van der Waals surface area contributed by atoms with Crippen LogP contribution in [0.4, 0.5) is 11.6 Å². The van der Waals surface area contributed by atoms with Gasteiger partial charge in [-0.2, -0.15) is 0 Å². The molecular formula is C15H26N4O2. The summed E-state index contributed by atoms with van der Waals surface area (Å²) in [6.07, 6.45) is 4.87. The van der Waals surface area contributed by atoms with Crippen molar-refractivity contribution in [3.05, 3.63) is 11.9 Å². The number of anilines is 2. The van der Waals surface area contributed by atoms with E-state index < -0.39 is 0 Å². The summed E-state index contributed by atoms with van der Waals surface area (Å²) in [5, 5.41) is 6.65. The molecule has 6 nitrogen and oxygen atoms in total. The fraction of sp³-hybridized carbons (Fsp3) is 0.733. The van der Waals surface area contributed by atoms with Gasteiger partial charge in [-0.1, -0.05) is 6.92 Å². The van der Waals surface area contributed by atoms with Gasteiger partial charge in [0, 0.05) is 32.9 Å². The molecule has 1 aliphatic rings. The zero-order valence-corrected chi connectivity index (χ0v) is 13.0. The van der Waals surface area contributed by atoms with Crippen LogP contribution in [0.5, 0.6) is 0 Å². The molecule has 1 fully saturated rings.